The van der Waals surface area contributed by atoms with Crippen LogP contribution < -0.4 is 14.8 Å². The third-order valence-electron chi connectivity index (χ3n) is 3.32. The fourth-order valence-electron chi connectivity index (χ4n) is 2.06. The van der Waals surface area contributed by atoms with E-state index in [1.807, 2.05) is 49.5 Å². The van der Waals surface area contributed by atoms with Gasteiger partial charge in [0.05, 0.1) is 7.11 Å². The van der Waals surface area contributed by atoms with Gasteiger partial charge in [-0.2, -0.15) is 0 Å². The zero-order chi connectivity index (χ0) is 15.1. The van der Waals surface area contributed by atoms with E-state index < -0.39 is 0 Å². The van der Waals surface area contributed by atoms with E-state index in [4.69, 9.17) is 9.47 Å². The van der Waals surface area contributed by atoms with Crippen LogP contribution in [0.15, 0.2) is 53.0 Å². The topological polar surface area (TPSA) is 30.5 Å². The van der Waals surface area contributed by atoms with Crippen molar-refractivity contribution in [3.8, 4) is 11.5 Å². The first kappa shape index (κ1) is 15.9. The maximum absolute atomic E-state index is 5.82. The van der Waals surface area contributed by atoms with Gasteiger partial charge < -0.3 is 14.8 Å². The van der Waals surface area contributed by atoms with Gasteiger partial charge in [-0.15, -0.1) is 0 Å². The Morgan fingerprint density at radius 1 is 1.10 bits per heavy atom. The zero-order valence-corrected chi connectivity index (χ0v) is 13.9. The average molecular weight is 350 g/mol. The SMILES string of the molecule is CNC(COc1ccccc1)Cc1cc(OC)ccc1Br. The molecule has 0 fully saturated rings. The molecule has 0 spiro atoms. The minimum Gasteiger partial charge on any atom is -0.497 e. The second-order valence-electron chi connectivity index (χ2n) is 4.77. The lowest BCUT2D eigenvalue weighted by Gasteiger charge is -2.18. The molecule has 2 rings (SSSR count). The lowest BCUT2D eigenvalue weighted by molar-refractivity contribution is 0.269. The van der Waals surface area contributed by atoms with Crippen LogP contribution in [0, 0.1) is 0 Å². The molecule has 0 amide bonds. The standard InChI is InChI=1S/C17H20BrNO2/c1-19-14(12-21-15-6-4-3-5-7-15)10-13-11-16(20-2)8-9-17(13)18/h3-9,11,14,19H,10,12H2,1-2H3. The summed E-state index contributed by atoms with van der Waals surface area (Å²) in [6, 6.07) is 16.1. The van der Waals surface area contributed by atoms with Crippen molar-refractivity contribution >= 4 is 15.9 Å². The highest BCUT2D eigenvalue weighted by Crippen LogP contribution is 2.23. The predicted molar refractivity (Wildman–Crippen MR) is 89.2 cm³/mol. The number of halogens is 1. The van der Waals surface area contributed by atoms with Crippen molar-refractivity contribution in [1.29, 1.82) is 0 Å². The quantitative estimate of drug-likeness (QED) is 0.827. The van der Waals surface area contributed by atoms with E-state index in [2.05, 4.69) is 27.3 Å². The lowest BCUT2D eigenvalue weighted by atomic mass is 10.1. The van der Waals surface area contributed by atoms with E-state index in [1.165, 1.54) is 5.56 Å². The molecular weight excluding hydrogens is 330 g/mol. The van der Waals surface area contributed by atoms with Crippen LogP contribution >= 0.6 is 15.9 Å². The highest BCUT2D eigenvalue weighted by molar-refractivity contribution is 9.10. The molecule has 3 nitrogen and oxygen atoms in total. The third-order valence-corrected chi connectivity index (χ3v) is 4.10. The van der Waals surface area contributed by atoms with E-state index >= 15 is 0 Å². The van der Waals surface area contributed by atoms with Crippen molar-refractivity contribution in [3.63, 3.8) is 0 Å². The number of para-hydroxylation sites is 1. The zero-order valence-electron chi connectivity index (χ0n) is 12.3. The number of rotatable bonds is 7. The Balaban J connectivity index is 1.99. The largest absolute Gasteiger partial charge is 0.497 e. The van der Waals surface area contributed by atoms with E-state index in [0.29, 0.717) is 6.61 Å². The summed E-state index contributed by atoms with van der Waals surface area (Å²) in [5, 5.41) is 3.30. The smallest absolute Gasteiger partial charge is 0.119 e. The highest BCUT2D eigenvalue weighted by Gasteiger charge is 2.11. The van der Waals surface area contributed by atoms with Gasteiger partial charge in [-0.25, -0.2) is 0 Å². The molecule has 0 aliphatic heterocycles. The Kier molecular flexibility index (Phi) is 6.08. The fraction of sp³-hybridized carbons (Fsp3) is 0.294. The van der Waals surface area contributed by atoms with E-state index in [1.54, 1.807) is 7.11 Å². The first-order chi connectivity index (χ1) is 10.2. The summed E-state index contributed by atoms with van der Waals surface area (Å²) in [6.07, 6.45) is 0.862. The Labute approximate surface area is 134 Å². The molecule has 1 N–H and O–H groups in total. The molecule has 21 heavy (non-hydrogen) atoms. The van der Waals surface area contributed by atoms with Crippen LogP contribution in [0.3, 0.4) is 0 Å². The molecule has 0 radical (unpaired) electrons. The molecule has 0 aliphatic carbocycles. The van der Waals surface area contributed by atoms with Gasteiger partial charge in [0, 0.05) is 10.5 Å². The van der Waals surface area contributed by atoms with Gasteiger partial charge in [-0.3, -0.25) is 0 Å². The monoisotopic (exact) mass is 349 g/mol. The first-order valence-corrected chi connectivity index (χ1v) is 7.69. The summed E-state index contributed by atoms with van der Waals surface area (Å²) in [5.41, 5.74) is 1.20. The van der Waals surface area contributed by atoms with E-state index in [0.717, 1.165) is 22.4 Å². The molecule has 2 aromatic carbocycles. The number of nitrogens with one attached hydrogen (secondary N) is 1. The molecule has 2 aromatic rings. The molecule has 0 saturated heterocycles. The molecule has 4 heteroatoms. The minimum atomic E-state index is 0.230. The Bertz CT molecular complexity index is 560. The second kappa shape index (κ2) is 8.05. The summed E-state index contributed by atoms with van der Waals surface area (Å²) < 4.78 is 12.2. The molecule has 0 bridgehead atoms. The van der Waals surface area contributed by atoms with Crippen LogP contribution in [-0.4, -0.2) is 26.8 Å². The van der Waals surface area contributed by atoms with Crippen molar-refractivity contribution in [2.75, 3.05) is 20.8 Å². The van der Waals surface area contributed by atoms with Gasteiger partial charge in [-0.05, 0) is 49.4 Å². The fourth-order valence-corrected chi connectivity index (χ4v) is 2.47. The van der Waals surface area contributed by atoms with Crippen LogP contribution in [0.4, 0.5) is 0 Å². The summed E-state index contributed by atoms with van der Waals surface area (Å²) in [5.74, 6) is 1.76. The van der Waals surface area contributed by atoms with Crippen LogP contribution in [-0.2, 0) is 6.42 Å². The van der Waals surface area contributed by atoms with Crippen molar-refractivity contribution in [3.05, 3.63) is 58.6 Å². The first-order valence-electron chi connectivity index (χ1n) is 6.90. The number of likely N-dealkylation sites (N-methyl/N-ethyl adjacent to an activating group) is 1. The van der Waals surface area contributed by atoms with Crippen LogP contribution in [0.5, 0.6) is 11.5 Å². The second-order valence-corrected chi connectivity index (χ2v) is 5.63. The molecule has 0 saturated carbocycles. The van der Waals surface area contributed by atoms with E-state index in [-0.39, 0.29) is 6.04 Å². The average Bonchev–Trinajstić information content (AvgIpc) is 2.54. The Morgan fingerprint density at radius 2 is 1.86 bits per heavy atom. The minimum absolute atomic E-state index is 0.230. The molecule has 0 aromatic heterocycles. The van der Waals surface area contributed by atoms with Crippen molar-refractivity contribution < 1.29 is 9.47 Å². The van der Waals surface area contributed by atoms with Gasteiger partial charge >= 0.3 is 0 Å². The number of ether oxygens (including phenoxy) is 2. The molecule has 0 heterocycles. The highest BCUT2D eigenvalue weighted by atomic mass is 79.9. The van der Waals surface area contributed by atoms with Crippen molar-refractivity contribution in [1.82, 2.24) is 5.32 Å². The van der Waals surface area contributed by atoms with Crippen LogP contribution in [0.2, 0.25) is 0 Å². The summed E-state index contributed by atoms with van der Waals surface area (Å²) in [4.78, 5) is 0. The molecular formula is C17H20BrNO2. The van der Waals surface area contributed by atoms with Crippen LogP contribution in [0.1, 0.15) is 5.56 Å². The predicted octanol–water partition coefficient (Wildman–Crippen LogP) is 3.67. The van der Waals surface area contributed by atoms with Gasteiger partial charge in [0.25, 0.3) is 0 Å². The van der Waals surface area contributed by atoms with Gasteiger partial charge in [-0.1, -0.05) is 34.1 Å². The Morgan fingerprint density at radius 3 is 2.52 bits per heavy atom. The molecule has 0 aliphatic rings. The number of benzene rings is 2. The van der Waals surface area contributed by atoms with Gasteiger partial charge in [0.1, 0.15) is 18.1 Å². The molecule has 1 atom stereocenters. The molecule has 1 unspecified atom stereocenters. The summed E-state index contributed by atoms with van der Waals surface area (Å²) >= 11 is 3.59. The third kappa shape index (κ3) is 4.76. The normalized spacial score (nSPS) is 12.0. The Hall–Kier alpha value is -1.52. The summed E-state index contributed by atoms with van der Waals surface area (Å²) in [7, 11) is 3.63. The van der Waals surface area contributed by atoms with Crippen LogP contribution in [0.25, 0.3) is 0 Å². The maximum Gasteiger partial charge on any atom is 0.119 e. The summed E-state index contributed by atoms with van der Waals surface area (Å²) in [6.45, 7) is 0.615. The maximum atomic E-state index is 5.82. The van der Waals surface area contributed by atoms with Gasteiger partial charge in [0.15, 0.2) is 0 Å². The van der Waals surface area contributed by atoms with Gasteiger partial charge in [0.2, 0.25) is 0 Å². The molecule has 112 valence electrons. The number of hydrogen-bond donors (Lipinski definition) is 1. The number of methoxy groups -OCH3 is 1. The van der Waals surface area contributed by atoms with Crippen molar-refractivity contribution in [2.24, 2.45) is 0 Å². The van der Waals surface area contributed by atoms with E-state index in [9.17, 15) is 0 Å². The lowest BCUT2D eigenvalue weighted by Crippen LogP contribution is -2.33. The number of hydrogen-bond acceptors (Lipinski definition) is 3. The van der Waals surface area contributed by atoms with Crippen molar-refractivity contribution in [2.45, 2.75) is 12.5 Å².